The average molecular weight is 1360 g/mol. The Morgan fingerprint density at radius 3 is 2.07 bits per heavy atom. The summed E-state index contributed by atoms with van der Waals surface area (Å²) in [5.41, 5.74) is 2.28. The Bertz CT molecular complexity index is 3760. The number of rotatable bonds is 25. The van der Waals surface area contributed by atoms with Gasteiger partial charge >= 0.3 is 18.4 Å². The molecule has 6 aromatic carbocycles. The van der Waals surface area contributed by atoms with E-state index in [9.17, 15) is 59.8 Å². The summed E-state index contributed by atoms with van der Waals surface area (Å²) >= 11 is 0. The molecular weight excluding hydrogens is 1270 g/mol. The van der Waals surface area contributed by atoms with Gasteiger partial charge in [-0.2, -0.15) is 26.3 Å². The summed E-state index contributed by atoms with van der Waals surface area (Å²) < 4.78 is 110. The third-order valence-electron chi connectivity index (χ3n) is 20.6. The van der Waals surface area contributed by atoms with Gasteiger partial charge in [0, 0.05) is 113 Å². The van der Waals surface area contributed by atoms with Crippen molar-refractivity contribution in [2.45, 2.75) is 113 Å². The number of halogens is 7. The van der Waals surface area contributed by atoms with Gasteiger partial charge in [0.25, 0.3) is 11.8 Å². The number of hydrogen-bond acceptors (Lipinski definition) is 10. The first-order valence-corrected chi connectivity index (χ1v) is 33.9. The first kappa shape index (κ1) is 70.9. The summed E-state index contributed by atoms with van der Waals surface area (Å²) in [6.07, 6.45) is -3.65. The number of carboxylic acid groups (broad SMARTS) is 1. The zero-order valence-electron chi connectivity index (χ0n) is 55.4. The minimum atomic E-state index is -5.15. The van der Waals surface area contributed by atoms with E-state index in [1.54, 1.807) is 16.8 Å². The standard InChI is InChI=1S/C75H85F7N8O8/c1-84(34-13-35-88-38-27-53-46-60(25-26-63(53)70(88)94)83-33-12-4-7-20-67(91)85(2)42-43-86-36-28-61(29-37-86)90(71(95)96)65-19-11-9-17-62(65)52-14-5-3-6-15-52)68(92)49-97-66-47-54-16-8-10-18-64(54)72(66)30-39-87(40-31-72)41-32-73(56-21-23-59(76)24-22-56)50-89(51-98-73)69(93)55-44-57(74(77,78)79)48-58(45-55)75(80,81)82/h3,5-6,8-11,14-19,21-26,44-46,48,61,66,83H,4,7,12-13,20,27-43,47,49-51H2,1-2H3,(H,95,96)/t66-,73-/m0/s1. The normalized spacial score (nSPS) is 18.9. The van der Waals surface area contributed by atoms with Crippen molar-refractivity contribution >= 4 is 41.1 Å². The molecule has 16 nitrogen and oxygen atoms in total. The van der Waals surface area contributed by atoms with Crippen LogP contribution in [0.3, 0.4) is 0 Å². The minimum absolute atomic E-state index is 0.0272. The van der Waals surface area contributed by atoms with Crippen LogP contribution in [0.4, 0.5) is 46.9 Å². The number of benzene rings is 6. The highest BCUT2D eigenvalue weighted by Crippen LogP contribution is 2.49. The number of unbranched alkanes of at least 4 members (excludes halogenated alkanes) is 2. The van der Waals surface area contributed by atoms with Gasteiger partial charge in [-0.25, -0.2) is 9.18 Å². The van der Waals surface area contributed by atoms with E-state index in [4.69, 9.17) is 9.47 Å². The number of carbonyl (C=O) groups is 5. The van der Waals surface area contributed by atoms with Crippen LogP contribution >= 0.6 is 0 Å². The number of ether oxygens (including phenoxy) is 2. The second-order valence-electron chi connectivity index (χ2n) is 26.7. The number of carbonyl (C=O) groups excluding carboxylic acids is 4. The van der Waals surface area contributed by atoms with Gasteiger partial charge < -0.3 is 49.3 Å². The molecule has 1 spiro atoms. The van der Waals surface area contributed by atoms with Gasteiger partial charge in [0.1, 0.15) is 24.8 Å². The monoisotopic (exact) mass is 1360 g/mol. The quantitative estimate of drug-likeness (QED) is 0.0415. The summed E-state index contributed by atoms with van der Waals surface area (Å²) in [4.78, 5) is 79.4. The first-order valence-electron chi connectivity index (χ1n) is 33.9. The predicted octanol–water partition coefficient (Wildman–Crippen LogP) is 12.8. The fourth-order valence-electron chi connectivity index (χ4n) is 14.9. The highest BCUT2D eigenvalue weighted by molar-refractivity contribution is 5.97. The van der Waals surface area contributed by atoms with Crippen molar-refractivity contribution in [3.05, 3.63) is 190 Å². The molecule has 6 aromatic rings. The number of anilines is 2. The molecule has 2 atom stereocenters. The largest absolute Gasteiger partial charge is 0.465 e. The summed E-state index contributed by atoms with van der Waals surface area (Å²) in [6, 6.07) is 37.6. The molecule has 3 fully saturated rings. The molecule has 23 heteroatoms. The van der Waals surface area contributed by atoms with Crippen LogP contribution in [-0.4, -0.2) is 182 Å². The van der Waals surface area contributed by atoms with Gasteiger partial charge in [0.05, 0.1) is 29.5 Å². The molecule has 3 saturated heterocycles. The van der Waals surface area contributed by atoms with Crippen LogP contribution in [0, 0.1) is 5.82 Å². The second kappa shape index (κ2) is 30.8. The van der Waals surface area contributed by atoms with E-state index in [2.05, 4.69) is 27.2 Å². The molecule has 4 aliphatic heterocycles. The molecule has 2 N–H and O–H groups in total. The van der Waals surface area contributed by atoms with Gasteiger partial charge in [-0.15, -0.1) is 0 Å². The van der Waals surface area contributed by atoms with Gasteiger partial charge in [0.2, 0.25) is 11.8 Å². The smallest absolute Gasteiger partial charge is 0.416 e. The minimum Gasteiger partial charge on any atom is -0.465 e. The van der Waals surface area contributed by atoms with Crippen LogP contribution in [0.1, 0.15) is 118 Å². The summed E-state index contributed by atoms with van der Waals surface area (Å²) in [5, 5.41) is 13.9. The third kappa shape index (κ3) is 16.5. The zero-order chi connectivity index (χ0) is 69.4. The number of nitrogens with one attached hydrogen (secondary N) is 1. The summed E-state index contributed by atoms with van der Waals surface area (Å²) in [5.74, 6) is -1.72. The molecule has 11 rings (SSSR count). The van der Waals surface area contributed by atoms with E-state index in [0.29, 0.717) is 126 Å². The van der Waals surface area contributed by atoms with E-state index in [1.807, 2.05) is 96.9 Å². The van der Waals surface area contributed by atoms with Crippen molar-refractivity contribution in [2.24, 2.45) is 0 Å². The number of fused-ring (bicyclic) bond motifs is 3. The molecule has 0 aromatic heterocycles. The van der Waals surface area contributed by atoms with Gasteiger partial charge in [0.15, 0.2) is 0 Å². The first-order chi connectivity index (χ1) is 47.0. The molecule has 4 heterocycles. The lowest BCUT2D eigenvalue weighted by atomic mass is 9.72. The Labute approximate surface area is 567 Å². The maximum absolute atomic E-state index is 14.3. The van der Waals surface area contributed by atoms with Crippen molar-refractivity contribution < 1.29 is 69.3 Å². The third-order valence-corrected chi connectivity index (χ3v) is 20.6. The fraction of sp³-hybridized carbons (Fsp3) is 0.453. The van der Waals surface area contributed by atoms with Crippen LogP contribution in [0.5, 0.6) is 0 Å². The number of hydrogen-bond donors (Lipinski definition) is 2. The molecule has 5 aliphatic rings. The number of likely N-dealkylation sites (N-methyl/N-ethyl adjacent to an activating group) is 2. The number of piperidine rings is 2. The highest BCUT2D eigenvalue weighted by atomic mass is 19.4. The Kier molecular flexibility index (Phi) is 22.3. The van der Waals surface area contributed by atoms with Crippen molar-refractivity contribution in [2.75, 3.05) is 116 Å². The Balaban J connectivity index is 0.584. The Morgan fingerprint density at radius 2 is 1.36 bits per heavy atom. The molecule has 98 heavy (non-hydrogen) atoms. The molecule has 0 saturated carbocycles. The van der Waals surface area contributed by atoms with Crippen LogP contribution in [0.15, 0.2) is 140 Å². The second-order valence-corrected chi connectivity index (χ2v) is 26.7. The predicted molar refractivity (Wildman–Crippen MR) is 358 cm³/mol. The van der Waals surface area contributed by atoms with Gasteiger partial charge in [-0.05, 0) is 160 Å². The van der Waals surface area contributed by atoms with Gasteiger partial charge in [-0.3, -0.25) is 24.1 Å². The number of para-hydroxylation sites is 1. The van der Waals surface area contributed by atoms with Crippen molar-refractivity contribution in [3.8, 4) is 11.1 Å². The maximum Gasteiger partial charge on any atom is 0.416 e. The fourth-order valence-corrected chi connectivity index (χ4v) is 14.9. The van der Waals surface area contributed by atoms with Crippen molar-refractivity contribution in [1.29, 1.82) is 0 Å². The SMILES string of the molecule is CN(CCN1CCC(N(C(=O)O)c2ccccc2-c2ccccc2)CC1)C(=O)CCCCCNc1ccc2c(c1)CCN(CCCN(C)C(=O)CO[C@H]1Cc3ccccc3C13CCN(CC[C@@]1(c4ccc(F)cc4)CN(C(=O)c4cc(C(F)(F)F)cc(C(F)(F)F)c4)CO1)CC3)C2=O. The van der Waals surface area contributed by atoms with Crippen molar-refractivity contribution in [3.63, 3.8) is 0 Å². The van der Waals surface area contributed by atoms with E-state index in [-0.39, 0.29) is 55.5 Å². The van der Waals surface area contributed by atoms with Crippen molar-refractivity contribution in [1.82, 2.24) is 29.4 Å². The van der Waals surface area contributed by atoms with E-state index >= 15 is 0 Å². The molecule has 1 aliphatic carbocycles. The maximum atomic E-state index is 14.3. The molecular formula is C75H85F7N8O8. The zero-order valence-corrected chi connectivity index (χ0v) is 55.4. The summed E-state index contributed by atoms with van der Waals surface area (Å²) in [6.45, 7) is 5.87. The topological polar surface area (TPSA) is 159 Å². The molecule has 5 amide bonds. The number of amides is 5. The number of likely N-dealkylation sites (tertiary alicyclic amines) is 2. The Morgan fingerprint density at radius 1 is 0.684 bits per heavy atom. The van der Waals surface area contributed by atoms with Crippen LogP contribution in [-0.2, 0) is 55.3 Å². The van der Waals surface area contributed by atoms with Crippen LogP contribution in [0.2, 0.25) is 0 Å². The number of alkyl halides is 6. The molecule has 0 unspecified atom stereocenters. The molecule has 522 valence electrons. The lowest BCUT2D eigenvalue weighted by Crippen LogP contribution is -2.50. The van der Waals surface area contributed by atoms with Crippen LogP contribution in [0.25, 0.3) is 11.1 Å². The molecule has 0 bridgehead atoms. The lowest BCUT2D eigenvalue weighted by Gasteiger charge is -2.44. The summed E-state index contributed by atoms with van der Waals surface area (Å²) in [7, 11) is 3.59. The lowest BCUT2D eigenvalue weighted by molar-refractivity contribution is -0.143. The highest BCUT2D eigenvalue weighted by Gasteiger charge is 2.50. The Hall–Kier alpha value is -8.38. The molecule has 0 radical (unpaired) electrons. The number of nitrogens with zero attached hydrogens (tertiary/aromatic N) is 7. The van der Waals surface area contributed by atoms with Crippen LogP contribution < -0.4 is 10.2 Å². The van der Waals surface area contributed by atoms with E-state index in [1.165, 1.54) is 34.7 Å². The van der Waals surface area contributed by atoms with E-state index < -0.39 is 64.6 Å². The van der Waals surface area contributed by atoms with E-state index in [0.717, 1.165) is 78.3 Å². The average Bonchev–Trinajstić information content (AvgIpc) is 1.58. The van der Waals surface area contributed by atoms with Gasteiger partial charge in [-0.1, -0.05) is 91.3 Å².